The molecule has 0 N–H and O–H groups in total. The van der Waals surface area contributed by atoms with Crippen molar-refractivity contribution >= 4 is 6.29 Å². The van der Waals surface area contributed by atoms with Gasteiger partial charge in [-0.15, -0.1) is 0 Å². The maximum absolute atomic E-state index is 10.3. The van der Waals surface area contributed by atoms with Gasteiger partial charge in [0.25, 0.3) is 0 Å². The van der Waals surface area contributed by atoms with Crippen LogP contribution in [0.25, 0.3) is 0 Å². The van der Waals surface area contributed by atoms with E-state index in [2.05, 4.69) is 6.92 Å². The summed E-state index contributed by atoms with van der Waals surface area (Å²) in [7, 11) is 1.74. The molecule has 1 saturated carbocycles. The van der Waals surface area contributed by atoms with Crippen LogP contribution >= 0.6 is 0 Å². The van der Waals surface area contributed by atoms with Gasteiger partial charge >= 0.3 is 0 Å². The number of ether oxygens (including phenoxy) is 1. The van der Waals surface area contributed by atoms with E-state index in [4.69, 9.17) is 4.74 Å². The summed E-state index contributed by atoms with van der Waals surface area (Å²) >= 11 is 0. The minimum atomic E-state index is 0.326. The maximum Gasteiger partial charge on any atom is 0.142 e. The standard InChI is InChI=1S/C10H16O2/c1-8-3-4-10(12-2)7-9(8)5-6-11/h5-6,8,10H,3-4,7H2,1-2H3/b9-5+. The third kappa shape index (κ3) is 2.18. The number of rotatable bonds is 2. The van der Waals surface area contributed by atoms with Crippen molar-refractivity contribution in [3.63, 3.8) is 0 Å². The summed E-state index contributed by atoms with van der Waals surface area (Å²) in [6.07, 6.45) is 6.08. The van der Waals surface area contributed by atoms with Crippen LogP contribution in [0.15, 0.2) is 11.6 Å². The van der Waals surface area contributed by atoms with Crippen molar-refractivity contribution in [2.75, 3.05) is 7.11 Å². The second kappa shape index (κ2) is 4.41. The van der Waals surface area contributed by atoms with Crippen LogP contribution in [0, 0.1) is 5.92 Å². The highest BCUT2D eigenvalue weighted by atomic mass is 16.5. The Morgan fingerprint density at radius 1 is 1.50 bits per heavy atom. The molecule has 0 saturated heterocycles. The fourth-order valence-electron chi connectivity index (χ4n) is 1.71. The molecule has 0 amide bonds. The van der Waals surface area contributed by atoms with Crippen molar-refractivity contribution in [2.45, 2.75) is 32.3 Å². The Kier molecular flexibility index (Phi) is 3.48. The lowest BCUT2D eigenvalue weighted by molar-refractivity contribution is -0.104. The molecule has 1 aliphatic rings. The number of carbonyl (C=O) groups is 1. The Morgan fingerprint density at radius 2 is 2.25 bits per heavy atom. The second-order valence-corrected chi connectivity index (χ2v) is 3.42. The molecule has 0 spiro atoms. The van der Waals surface area contributed by atoms with Gasteiger partial charge in [-0.2, -0.15) is 0 Å². The Labute approximate surface area is 73.6 Å². The van der Waals surface area contributed by atoms with Crippen LogP contribution in [-0.2, 0) is 9.53 Å². The first kappa shape index (κ1) is 9.46. The first-order valence-electron chi connectivity index (χ1n) is 4.45. The van der Waals surface area contributed by atoms with Crippen molar-refractivity contribution in [2.24, 2.45) is 5.92 Å². The van der Waals surface area contributed by atoms with E-state index in [1.807, 2.05) is 0 Å². The molecule has 0 bridgehead atoms. The average molecular weight is 168 g/mol. The largest absolute Gasteiger partial charge is 0.381 e. The molecular weight excluding hydrogens is 152 g/mol. The van der Waals surface area contributed by atoms with Crippen LogP contribution in [0.1, 0.15) is 26.2 Å². The second-order valence-electron chi connectivity index (χ2n) is 3.42. The quantitative estimate of drug-likeness (QED) is 0.465. The van der Waals surface area contributed by atoms with E-state index in [9.17, 15) is 4.79 Å². The molecule has 2 nitrogen and oxygen atoms in total. The van der Waals surface area contributed by atoms with E-state index in [0.717, 1.165) is 25.5 Å². The van der Waals surface area contributed by atoms with Crippen molar-refractivity contribution < 1.29 is 9.53 Å². The molecule has 1 aliphatic carbocycles. The van der Waals surface area contributed by atoms with E-state index in [-0.39, 0.29) is 0 Å². The molecule has 0 aromatic heterocycles. The molecule has 12 heavy (non-hydrogen) atoms. The number of hydrogen-bond donors (Lipinski definition) is 0. The third-order valence-corrected chi connectivity index (χ3v) is 2.63. The van der Waals surface area contributed by atoms with Crippen LogP contribution < -0.4 is 0 Å². The van der Waals surface area contributed by atoms with Gasteiger partial charge in [-0.05, 0) is 31.3 Å². The predicted octanol–water partition coefficient (Wildman–Crippen LogP) is 1.95. The summed E-state index contributed by atoms with van der Waals surface area (Å²) in [4.78, 5) is 10.3. The SMILES string of the molecule is COC1CCC(C)/C(=C/C=O)C1. The number of hydrogen-bond acceptors (Lipinski definition) is 2. The predicted molar refractivity (Wildman–Crippen MR) is 48.0 cm³/mol. The Morgan fingerprint density at radius 3 is 2.83 bits per heavy atom. The zero-order chi connectivity index (χ0) is 8.97. The molecule has 1 fully saturated rings. The normalized spacial score (nSPS) is 33.7. The summed E-state index contributed by atoms with van der Waals surface area (Å²) in [5, 5.41) is 0. The minimum absolute atomic E-state index is 0.326. The average Bonchev–Trinajstić information content (AvgIpc) is 2.09. The Balaban J connectivity index is 2.58. The van der Waals surface area contributed by atoms with Gasteiger partial charge < -0.3 is 4.74 Å². The van der Waals surface area contributed by atoms with Crippen molar-refractivity contribution in [1.29, 1.82) is 0 Å². The molecule has 0 aromatic rings. The van der Waals surface area contributed by atoms with Crippen LogP contribution in [0.3, 0.4) is 0 Å². The molecule has 2 heteroatoms. The summed E-state index contributed by atoms with van der Waals surface area (Å²) < 4.78 is 5.26. The van der Waals surface area contributed by atoms with Gasteiger partial charge in [-0.25, -0.2) is 0 Å². The molecular formula is C10H16O2. The van der Waals surface area contributed by atoms with Crippen LogP contribution in [0.2, 0.25) is 0 Å². The third-order valence-electron chi connectivity index (χ3n) is 2.63. The van der Waals surface area contributed by atoms with E-state index in [0.29, 0.717) is 12.0 Å². The number of allylic oxidation sites excluding steroid dienone is 1. The lowest BCUT2D eigenvalue weighted by Crippen LogP contribution is -2.21. The molecule has 0 aliphatic heterocycles. The van der Waals surface area contributed by atoms with E-state index in [1.54, 1.807) is 13.2 Å². The van der Waals surface area contributed by atoms with Gasteiger partial charge in [0, 0.05) is 7.11 Å². The zero-order valence-electron chi connectivity index (χ0n) is 7.75. The van der Waals surface area contributed by atoms with Crippen molar-refractivity contribution in [3.8, 4) is 0 Å². The summed E-state index contributed by atoms with van der Waals surface area (Å²) in [6, 6.07) is 0. The van der Waals surface area contributed by atoms with Crippen molar-refractivity contribution in [3.05, 3.63) is 11.6 Å². The maximum atomic E-state index is 10.3. The molecule has 0 heterocycles. The van der Waals surface area contributed by atoms with Gasteiger partial charge in [0.1, 0.15) is 6.29 Å². The van der Waals surface area contributed by atoms with E-state index >= 15 is 0 Å². The van der Waals surface area contributed by atoms with Gasteiger partial charge in [0.15, 0.2) is 0 Å². The lowest BCUT2D eigenvalue weighted by Gasteiger charge is -2.27. The highest BCUT2D eigenvalue weighted by molar-refractivity contribution is 5.66. The smallest absolute Gasteiger partial charge is 0.142 e. The summed E-state index contributed by atoms with van der Waals surface area (Å²) in [5.41, 5.74) is 1.24. The van der Waals surface area contributed by atoms with Gasteiger partial charge in [0.2, 0.25) is 0 Å². The first-order chi connectivity index (χ1) is 5.77. The monoisotopic (exact) mass is 168 g/mol. The summed E-state index contributed by atoms with van der Waals surface area (Å²) in [6.45, 7) is 2.17. The van der Waals surface area contributed by atoms with Gasteiger partial charge in [-0.1, -0.05) is 12.5 Å². The minimum Gasteiger partial charge on any atom is -0.381 e. The Hall–Kier alpha value is -0.630. The highest BCUT2D eigenvalue weighted by Crippen LogP contribution is 2.29. The zero-order valence-corrected chi connectivity index (χ0v) is 7.75. The Bertz CT molecular complexity index is 184. The lowest BCUT2D eigenvalue weighted by atomic mass is 9.84. The molecule has 0 radical (unpaired) electrons. The molecule has 2 atom stereocenters. The first-order valence-corrected chi connectivity index (χ1v) is 4.45. The van der Waals surface area contributed by atoms with E-state index in [1.165, 1.54) is 5.57 Å². The fraction of sp³-hybridized carbons (Fsp3) is 0.700. The molecule has 68 valence electrons. The van der Waals surface area contributed by atoms with Gasteiger partial charge in [0.05, 0.1) is 6.10 Å². The van der Waals surface area contributed by atoms with Crippen LogP contribution in [0.4, 0.5) is 0 Å². The topological polar surface area (TPSA) is 26.3 Å². The van der Waals surface area contributed by atoms with Gasteiger partial charge in [-0.3, -0.25) is 4.79 Å². The number of aldehydes is 1. The van der Waals surface area contributed by atoms with E-state index < -0.39 is 0 Å². The number of carbonyl (C=O) groups excluding carboxylic acids is 1. The van der Waals surface area contributed by atoms with Crippen LogP contribution in [-0.4, -0.2) is 19.5 Å². The number of methoxy groups -OCH3 is 1. The molecule has 2 unspecified atom stereocenters. The van der Waals surface area contributed by atoms with Crippen molar-refractivity contribution in [1.82, 2.24) is 0 Å². The van der Waals surface area contributed by atoms with Crippen LogP contribution in [0.5, 0.6) is 0 Å². The molecule has 0 aromatic carbocycles. The highest BCUT2D eigenvalue weighted by Gasteiger charge is 2.21. The summed E-state index contributed by atoms with van der Waals surface area (Å²) in [5.74, 6) is 0.557. The fourth-order valence-corrected chi connectivity index (χ4v) is 1.71. The molecule has 1 rings (SSSR count).